The van der Waals surface area contributed by atoms with Crippen molar-refractivity contribution in [1.29, 1.82) is 0 Å². The number of halogens is 2. The van der Waals surface area contributed by atoms with Gasteiger partial charge in [-0.15, -0.1) is 0 Å². The van der Waals surface area contributed by atoms with Crippen LogP contribution in [-0.4, -0.2) is 22.2 Å². The minimum atomic E-state index is -1.68. The zero-order valence-corrected chi connectivity index (χ0v) is 9.75. The first kappa shape index (κ1) is 13.4. The summed E-state index contributed by atoms with van der Waals surface area (Å²) < 4.78 is 31.9. The summed E-state index contributed by atoms with van der Waals surface area (Å²) in [7, 11) is -1.68. The molecule has 0 aliphatic carbocycles. The second-order valence-corrected chi connectivity index (χ2v) is 3.82. The number of aromatic nitrogens is 1. The zero-order valence-electron chi connectivity index (χ0n) is 9.75. The summed E-state index contributed by atoms with van der Waals surface area (Å²) in [6.07, 6.45) is 2.56. The van der Waals surface area contributed by atoms with Gasteiger partial charge in [-0.3, -0.25) is 4.98 Å². The standard InChI is InChI=1S/C12H10BF2NO3/c14-11-2-1-3-12(15)10(11)7-19-9-4-8(13(17)18)5-16-6-9/h1-6,17-18H,7H2. The third kappa shape index (κ3) is 3.27. The van der Waals surface area contributed by atoms with Gasteiger partial charge in [0.15, 0.2) is 0 Å². The van der Waals surface area contributed by atoms with Crippen LogP contribution in [0.3, 0.4) is 0 Å². The molecular weight excluding hydrogens is 255 g/mol. The van der Waals surface area contributed by atoms with Crippen LogP contribution in [0.2, 0.25) is 0 Å². The van der Waals surface area contributed by atoms with Gasteiger partial charge in [-0.25, -0.2) is 8.78 Å². The Labute approximate surface area is 108 Å². The van der Waals surface area contributed by atoms with Crippen LogP contribution >= 0.6 is 0 Å². The fourth-order valence-electron chi connectivity index (χ4n) is 1.48. The molecule has 0 saturated heterocycles. The molecule has 2 N–H and O–H groups in total. The van der Waals surface area contributed by atoms with Gasteiger partial charge in [0, 0.05) is 11.7 Å². The van der Waals surface area contributed by atoms with Gasteiger partial charge in [-0.2, -0.15) is 0 Å². The van der Waals surface area contributed by atoms with Crippen LogP contribution in [0.4, 0.5) is 8.78 Å². The Kier molecular flexibility index (Phi) is 4.08. The molecule has 1 heterocycles. The van der Waals surface area contributed by atoms with Gasteiger partial charge in [0.1, 0.15) is 24.0 Å². The first-order chi connectivity index (χ1) is 9.08. The molecule has 0 spiro atoms. The molecular formula is C12H10BF2NO3. The SMILES string of the molecule is OB(O)c1cncc(OCc2c(F)cccc2F)c1. The molecule has 1 aromatic heterocycles. The number of pyridine rings is 1. The summed E-state index contributed by atoms with van der Waals surface area (Å²) in [5, 5.41) is 17.9. The smallest absolute Gasteiger partial charge is 0.487 e. The van der Waals surface area contributed by atoms with Gasteiger partial charge in [0.25, 0.3) is 0 Å². The highest BCUT2D eigenvalue weighted by atomic mass is 19.1. The molecule has 0 radical (unpaired) electrons. The van der Waals surface area contributed by atoms with Crippen molar-refractivity contribution in [3.63, 3.8) is 0 Å². The maximum absolute atomic E-state index is 13.3. The Bertz CT molecular complexity index is 560. The average molecular weight is 265 g/mol. The van der Waals surface area contributed by atoms with Crippen LogP contribution in [0.25, 0.3) is 0 Å². The quantitative estimate of drug-likeness (QED) is 0.795. The van der Waals surface area contributed by atoms with E-state index in [1.807, 2.05) is 0 Å². The largest absolute Gasteiger partial charge is 0.490 e. The van der Waals surface area contributed by atoms with E-state index in [9.17, 15) is 8.78 Å². The second-order valence-electron chi connectivity index (χ2n) is 3.82. The van der Waals surface area contributed by atoms with E-state index in [0.717, 1.165) is 12.1 Å². The minimum absolute atomic E-state index is 0.131. The Balaban J connectivity index is 2.12. The second kappa shape index (κ2) is 5.77. The third-order valence-electron chi connectivity index (χ3n) is 2.48. The third-order valence-corrected chi connectivity index (χ3v) is 2.48. The van der Waals surface area contributed by atoms with Crippen molar-refractivity contribution in [2.24, 2.45) is 0 Å². The molecule has 2 aromatic rings. The van der Waals surface area contributed by atoms with Crippen molar-refractivity contribution in [2.75, 3.05) is 0 Å². The van der Waals surface area contributed by atoms with E-state index < -0.39 is 18.8 Å². The summed E-state index contributed by atoms with van der Waals surface area (Å²) in [6, 6.07) is 4.86. The Morgan fingerprint density at radius 3 is 2.47 bits per heavy atom. The number of hydrogen-bond acceptors (Lipinski definition) is 4. The zero-order chi connectivity index (χ0) is 13.8. The van der Waals surface area contributed by atoms with Crippen LogP contribution in [-0.2, 0) is 6.61 Å². The molecule has 0 atom stereocenters. The van der Waals surface area contributed by atoms with Gasteiger partial charge < -0.3 is 14.8 Å². The number of hydrogen-bond donors (Lipinski definition) is 2. The molecule has 0 fully saturated rings. The fourth-order valence-corrected chi connectivity index (χ4v) is 1.48. The normalized spacial score (nSPS) is 10.3. The Morgan fingerprint density at radius 1 is 1.16 bits per heavy atom. The van der Waals surface area contributed by atoms with Gasteiger partial charge in [0.05, 0.1) is 11.8 Å². The number of ether oxygens (including phenoxy) is 1. The maximum atomic E-state index is 13.3. The Morgan fingerprint density at radius 2 is 1.84 bits per heavy atom. The predicted octanol–water partition coefficient (Wildman–Crippen LogP) is 0.619. The molecule has 2 rings (SSSR count). The lowest BCUT2D eigenvalue weighted by Gasteiger charge is -2.08. The summed E-state index contributed by atoms with van der Waals surface area (Å²) >= 11 is 0. The minimum Gasteiger partial charge on any atom is -0.487 e. The van der Waals surface area contributed by atoms with Crippen molar-refractivity contribution >= 4 is 12.6 Å². The predicted molar refractivity (Wildman–Crippen MR) is 64.8 cm³/mol. The van der Waals surface area contributed by atoms with Gasteiger partial charge in [-0.05, 0) is 18.2 Å². The van der Waals surface area contributed by atoms with E-state index in [1.165, 1.54) is 24.5 Å². The monoisotopic (exact) mass is 265 g/mol. The summed E-state index contributed by atoms with van der Waals surface area (Å²) in [5.41, 5.74) is -0.0658. The first-order valence-corrected chi connectivity index (χ1v) is 5.44. The van der Waals surface area contributed by atoms with Crippen molar-refractivity contribution in [2.45, 2.75) is 6.61 Å². The van der Waals surface area contributed by atoms with Gasteiger partial charge in [0.2, 0.25) is 0 Å². The van der Waals surface area contributed by atoms with Crippen LogP contribution < -0.4 is 10.2 Å². The first-order valence-electron chi connectivity index (χ1n) is 5.44. The highest BCUT2D eigenvalue weighted by Gasteiger charge is 2.13. The summed E-state index contributed by atoms with van der Waals surface area (Å²) in [4.78, 5) is 3.73. The van der Waals surface area contributed by atoms with Gasteiger partial charge >= 0.3 is 7.12 Å². The maximum Gasteiger partial charge on any atom is 0.490 e. The van der Waals surface area contributed by atoms with E-state index in [2.05, 4.69) is 4.98 Å². The Hall–Kier alpha value is -1.99. The van der Waals surface area contributed by atoms with Crippen molar-refractivity contribution in [3.8, 4) is 5.75 Å². The van der Waals surface area contributed by atoms with Gasteiger partial charge in [-0.1, -0.05) is 6.07 Å². The molecule has 0 unspecified atom stereocenters. The topological polar surface area (TPSA) is 62.6 Å². The molecule has 0 aliphatic heterocycles. The lowest BCUT2D eigenvalue weighted by molar-refractivity contribution is 0.291. The molecule has 0 aliphatic rings. The van der Waals surface area contributed by atoms with E-state index in [0.29, 0.717) is 0 Å². The molecule has 0 bridgehead atoms. The molecule has 98 valence electrons. The summed E-state index contributed by atoms with van der Waals surface area (Å²) in [5.74, 6) is -1.22. The molecule has 1 aromatic carbocycles. The van der Waals surface area contributed by atoms with Crippen LogP contribution in [0.15, 0.2) is 36.7 Å². The van der Waals surface area contributed by atoms with Crippen LogP contribution in [0, 0.1) is 11.6 Å². The molecule has 0 saturated carbocycles. The number of nitrogens with zero attached hydrogens (tertiary/aromatic N) is 1. The lowest BCUT2D eigenvalue weighted by atomic mass is 9.82. The van der Waals surface area contributed by atoms with Crippen molar-refractivity contribution in [3.05, 3.63) is 53.9 Å². The average Bonchev–Trinajstić information content (AvgIpc) is 2.38. The van der Waals surface area contributed by atoms with E-state index in [4.69, 9.17) is 14.8 Å². The number of rotatable bonds is 4. The highest BCUT2D eigenvalue weighted by Crippen LogP contribution is 2.15. The van der Waals surface area contributed by atoms with Crippen molar-refractivity contribution < 1.29 is 23.6 Å². The van der Waals surface area contributed by atoms with Crippen LogP contribution in [0.1, 0.15) is 5.56 Å². The highest BCUT2D eigenvalue weighted by molar-refractivity contribution is 6.58. The van der Waals surface area contributed by atoms with E-state index >= 15 is 0 Å². The van der Waals surface area contributed by atoms with Crippen LogP contribution in [0.5, 0.6) is 5.75 Å². The van der Waals surface area contributed by atoms with E-state index in [-0.39, 0.29) is 23.4 Å². The fraction of sp³-hybridized carbons (Fsp3) is 0.0833. The lowest BCUT2D eigenvalue weighted by Crippen LogP contribution is -2.30. The van der Waals surface area contributed by atoms with E-state index in [1.54, 1.807) is 0 Å². The molecule has 0 amide bonds. The molecule has 19 heavy (non-hydrogen) atoms. The molecule has 7 heteroatoms. The summed E-state index contributed by atoms with van der Waals surface area (Å²) in [6.45, 7) is -0.314. The van der Waals surface area contributed by atoms with Crippen molar-refractivity contribution in [1.82, 2.24) is 4.98 Å². The number of benzene rings is 1. The molecule has 4 nitrogen and oxygen atoms in total.